The molecule has 30 heavy (non-hydrogen) atoms. The van der Waals surface area contributed by atoms with E-state index in [4.69, 9.17) is 23.2 Å². The van der Waals surface area contributed by atoms with Crippen LogP contribution in [0.5, 0.6) is 0 Å². The average molecular weight is 448 g/mol. The molecular weight excluding hydrogens is 417 g/mol. The Hall–Kier alpha value is -1.75. The highest BCUT2D eigenvalue weighted by molar-refractivity contribution is 6.42. The van der Waals surface area contributed by atoms with E-state index in [9.17, 15) is 4.79 Å². The number of amides is 2. The van der Waals surface area contributed by atoms with E-state index >= 15 is 0 Å². The van der Waals surface area contributed by atoms with Crippen LogP contribution in [0.25, 0.3) is 0 Å². The van der Waals surface area contributed by atoms with Crippen LogP contribution in [-0.2, 0) is 13.1 Å². The van der Waals surface area contributed by atoms with E-state index in [-0.39, 0.29) is 6.03 Å². The molecule has 1 aliphatic rings. The lowest BCUT2D eigenvalue weighted by atomic mass is 10.1. The fraction of sp³-hybridized carbons (Fsp3) is 0.458. The van der Waals surface area contributed by atoms with Crippen molar-refractivity contribution in [3.8, 4) is 0 Å². The van der Waals surface area contributed by atoms with Crippen molar-refractivity contribution in [1.82, 2.24) is 15.1 Å². The van der Waals surface area contributed by atoms with Gasteiger partial charge in [-0.1, -0.05) is 66.0 Å². The number of hydrogen-bond donors (Lipinski definition) is 1. The highest BCUT2D eigenvalue weighted by Gasteiger charge is 2.26. The molecule has 6 heteroatoms. The summed E-state index contributed by atoms with van der Waals surface area (Å²) in [5, 5.41) is 4.28. The highest BCUT2D eigenvalue weighted by atomic mass is 35.5. The zero-order chi connectivity index (χ0) is 21.5. The first-order chi connectivity index (χ1) is 14.4. The Morgan fingerprint density at radius 1 is 1.13 bits per heavy atom. The summed E-state index contributed by atoms with van der Waals surface area (Å²) in [7, 11) is 0. The number of nitrogens with zero attached hydrogens (tertiary/aromatic N) is 2. The monoisotopic (exact) mass is 447 g/mol. The SMILES string of the molecule is CCCN(C[C@@H]1CCN(Cc2ccc(Cl)c(Cl)c2)C1)C(=O)NCc1ccc(C)cc1. The molecule has 0 unspecified atom stereocenters. The van der Waals surface area contributed by atoms with E-state index in [2.05, 4.69) is 48.3 Å². The Kier molecular flexibility index (Phi) is 8.43. The fourth-order valence-electron chi connectivity index (χ4n) is 3.95. The topological polar surface area (TPSA) is 35.6 Å². The van der Waals surface area contributed by atoms with Crippen LogP contribution in [0, 0.1) is 12.8 Å². The van der Waals surface area contributed by atoms with Crippen molar-refractivity contribution in [3.63, 3.8) is 0 Å². The minimum absolute atomic E-state index is 0.0281. The molecule has 2 aromatic rings. The molecule has 1 heterocycles. The smallest absolute Gasteiger partial charge is 0.317 e. The second-order valence-electron chi connectivity index (χ2n) is 8.23. The van der Waals surface area contributed by atoms with Crippen molar-refractivity contribution < 1.29 is 4.79 Å². The number of carbonyl (C=O) groups is 1. The van der Waals surface area contributed by atoms with E-state index in [1.54, 1.807) is 0 Å². The van der Waals surface area contributed by atoms with Gasteiger partial charge in [-0.2, -0.15) is 0 Å². The van der Waals surface area contributed by atoms with Gasteiger partial charge in [0.25, 0.3) is 0 Å². The number of urea groups is 1. The molecule has 4 nitrogen and oxygen atoms in total. The van der Waals surface area contributed by atoms with Crippen LogP contribution in [0.3, 0.4) is 0 Å². The molecule has 1 fully saturated rings. The summed E-state index contributed by atoms with van der Waals surface area (Å²) in [4.78, 5) is 17.2. The van der Waals surface area contributed by atoms with Crippen LogP contribution < -0.4 is 5.32 Å². The van der Waals surface area contributed by atoms with E-state index in [1.165, 1.54) is 11.1 Å². The summed E-state index contributed by atoms with van der Waals surface area (Å²) in [6.07, 6.45) is 2.06. The van der Waals surface area contributed by atoms with E-state index in [0.29, 0.717) is 22.5 Å². The molecular formula is C24H31Cl2N3O. The molecule has 0 radical (unpaired) electrons. The van der Waals surface area contributed by atoms with Gasteiger partial charge in [-0.15, -0.1) is 0 Å². The number of likely N-dealkylation sites (tertiary alicyclic amines) is 1. The molecule has 1 saturated heterocycles. The molecule has 2 aromatic carbocycles. The third-order valence-corrected chi connectivity index (χ3v) is 6.32. The van der Waals surface area contributed by atoms with Gasteiger partial charge in [0.2, 0.25) is 0 Å². The second kappa shape index (κ2) is 11.0. The van der Waals surface area contributed by atoms with Gasteiger partial charge in [-0.05, 0) is 55.5 Å². The quantitative estimate of drug-likeness (QED) is 0.559. The zero-order valence-electron chi connectivity index (χ0n) is 17.8. The molecule has 0 saturated carbocycles. The number of benzene rings is 2. The molecule has 0 aliphatic carbocycles. The highest BCUT2D eigenvalue weighted by Crippen LogP contribution is 2.25. The minimum Gasteiger partial charge on any atom is -0.334 e. The van der Waals surface area contributed by atoms with Crippen molar-refractivity contribution in [2.75, 3.05) is 26.2 Å². The van der Waals surface area contributed by atoms with Crippen molar-refractivity contribution in [3.05, 3.63) is 69.2 Å². The Morgan fingerprint density at radius 3 is 2.57 bits per heavy atom. The first kappa shape index (κ1) is 22.9. The molecule has 3 rings (SSSR count). The van der Waals surface area contributed by atoms with Gasteiger partial charge in [0.05, 0.1) is 10.0 Å². The summed E-state index contributed by atoms with van der Waals surface area (Å²) in [6.45, 7) is 9.22. The van der Waals surface area contributed by atoms with E-state index in [1.807, 2.05) is 23.1 Å². The number of rotatable bonds is 8. The Labute approximate surface area is 190 Å². The second-order valence-corrected chi connectivity index (χ2v) is 9.04. The maximum atomic E-state index is 12.8. The largest absolute Gasteiger partial charge is 0.334 e. The van der Waals surface area contributed by atoms with Crippen molar-refractivity contribution in [2.24, 2.45) is 5.92 Å². The lowest BCUT2D eigenvalue weighted by Gasteiger charge is -2.26. The van der Waals surface area contributed by atoms with Crippen molar-refractivity contribution in [1.29, 1.82) is 0 Å². The lowest BCUT2D eigenvalue weighted by molar-refractivity contribution is 0.186. The van der Waals surface area contributed by atoms with E-state index < -0.39 is 0 Å². The average Bonchev–Trinajstić information content (AvgIpc) is 3.16. The predicted molar refractivity (Wildman–Crippen MR) is 125 cm³/mol. The van der Waals surface area contributed by atoms with Gasteiger partial charge < -0.3 is 10.2 Å². The lowest BCUT2D eigenvalue weighted by Crippen LogP contribution is -2.43. The maximum Gasteiger partial charge on any atom is 0.317 e. The molecule has 0 aromatic heterocycles. The molecule has 162 valence electrons. The molecule has 0 bridgehead atoms. The van der Waals surface area contributed by atoms with Crippen molar-refractivity contribution in [2.45, 2.75) is 39.8 Å². The first-order valence-electron chi connectivity index (χ1n) is 10.7. The van der Waals surface area contributed by atoms with Crippen LogP contribution in [-0.4, -0.2) is 42.0 Å². The summed E-state index contributed by atoms with van der Waals surface area (Å²) in [6, 6.07) is 14.1. The van der Waals surface area contributed by atoms with E-state index in [0.717, 1.165) is 51.1 Å². The zero-order valence-corrected chi connectivity index (χ0v) is 19.3. The number of halogens is 2. The Bertz CT molecular complexity index is 841. The number of nitrogens with one attached hydrogen (secondary N) is 1. The fourth-order valence-corrected chi connectivity index (χ4v) is 4.28. The summed E-state index contributed by atoms with van der Waals surface area (Å²) in [5.74, 6) is 0.490. The number of hydrogen-bond acceptors (Lipinski definition) is 2. The number of carbonyl (C=O) groups excluding carboxylic acids is 1. The Balaban J connectivity index is 1.50. The van der Waals surface area contributed by atoms with Crippen LogP contribution in [0.15, 0.2) is 42.5 Å². The van der Waals surface area contributed by atoms with Gasteiger partial charge in [-0.25, -0.2) is 4.79 Å². The molecule has 2 amide bonds. The Morgan fingerprint density at radius 2 is 1.87 bits per heavy atom. The van der Waals surface area contributed by atoms with Gasteiger partial charge >= 0.3 is 6.03 Å². The first-order valence-corrected chi connectivity index (χ1v) is 11.4. The molecule has 0 spiro atoms. The number of aryl methyl sites for hydroxylation is 1. The maximum absolute atomic E-state index is 12.8. The van der Waals surface area contributed by atoms with Crippen LogP contribution >= 0.6 is 23.2 Å². The minimum atomic E-state index is 0.0281. The third-order valence-electron chi connectivity index (χ3n) is 5.58. The van der Waals surface area contributed by atoms with Crippen LogP contribution in [0.1, 0.15) is 36.5 Å². The summed E-state index contributed by atoms with van der Waals surface area (Å²) < 4.78 is 0. The summed E-state index contributed by atoms with van der Waals surface area (Å²) in [5.41, 5.74) is 3.52. The molecule has 1 aliphatic heterocycles. The van der Waals surface area contributed by atoms with Crippen molar-refractivity contribution >= 4 is 29.2 Å². The van der Waals surface area contributed by atoms with Gasteiger partial charge in [0.15, 0.2) is 0 Å². The van der Waals surface area contributed by atoms with Crippen LogP contribution in [0.2, 0.25) is 10.0 Å². The van der Waals surface area contributed by atoms with Gasteiger partial charge in [-0.3, -0.25) is 4.90 Å². The van der Waals surface area contributed by atoms with Gasteiger partial charge in [0, 0.05) is 32.7 Å². The predicted octanol–water partition coefficient (Wildman–Crippen LogP) is 5.75. The van der Waals surface area contributed by atoms with Crippen LogP contribution in [0.4, 0.5) is 4.79 Å². The van der Waals surface area contributed by atoms with Gasteiger partial charge in [0.1, 0.15) is 0 Å². The molecule has 1 N–H and O–H groups in total. The molecule has 1 atom stereocenters. The normalized spacial score (nSPS) is 16.6. The standard InChI is InChI=1S/C24H31Cl2N3O/c1-3-11-29(24(30)27-14-19-6-4-18(2)5-7-19)17-21-10-12-28(16-21)15-20-8-9-22(25)23(26)13-20/h4-9,13,21H,3,10-12,14-17H2,1-2H3,(H,27,30)/t21-/m1/s1. The third kappa shape index (κ3) is 6.63. The summed E-state index contributed by atoms with van der Waals surface area (Å²) >= 11 is 12.2.